The predicted octanol–water partition coefficient (Wildman–Crippen LogP) is 4.19. The van der Waals surface area contributed by atoms with Gasteiger partial charge in [0.1, 0.15) is 39.8 Å². The smallest absolute Gasteiger partial charge is 0.194 e. The van der Waals surface area contributed by atoms with E-state index in [0.29, 0.717) is 17.9 Å². The highest BCUT2D eigenvalue weighted by atomic mass is 16.5. The van der Waals surface area contributed by atoms with Gasteiger partial charge in [-0.3, -0.25) is 14.4 Å². The van der Waals surface area contributed by atoms with Crippen LogP contribution < -0.4 is 10.1 Å². The number of aromatic nitrogens is 2. The number of carbonyl (C=O) groups excluding carboxylic acids is 3. The van der Waals surface area contributed by atoms with E-state index < -0.39 is 28.5 Å². The Morgan fingerprint density at radius 1 is 1.19 bits per heavy atom. The molecule has 2 aromatic carbocycles. The summed E-state index contributed by atoms with van der Waals surface area (Å²) in [5.74, 6) is -1.84. The molecule has 2 heterocycles. The van der Waals surface area contributed by atoms with Crippen LogP contribution >= 0.6 is 0 Å². The highest BCUT2D eigenvalue weighted by Gasteiger charge is 2.56. The molecule has 0 radical (unpaired) electrons. The molecule has 1 aliphatic carbocycles. The maximum atomic E-state index is 14.0. The predicted molar refractivity (Wildman–Crippen MR) is 136 cm³/mol. The summed E-state index contributed by atoms with van der Waals surface area (Å²) in [5, 5.41) is 24.8. The first kappa shape index (κ1) is 24.3. The van der Waals surface area contributed by atoms with Crippen LogP contribution in [0.5, 0.6) is 17.2 Å². The molecule has 2 aliphatic rings. The van der Waals surface area contributed by atoms with E-state index in [1.807, 2.05) is 31.2 Å². The number of aromatic hydroxyl groups is 2. The summed E-state index contributed by atoms with van der Waals surface area (Å²) < 4.78 is 5.82. The Balaban J connectivity index is 1.61. The largest absolute Gasteiger partial charge is 0.507 e. The van der Waals surface area contributed by atoms with Crippen molar-refractivity contribution < 1.29 is 29.3 Å². The molecule has 9 heteroatoms. The lowest BCUT2D eigenvalue weighted by atomic mass is 9.70. The van der Waals surface area contributed by atoms with E-state index in [0.717, 1.165) is 11.0 Å². The highest BCUT2D eigenvalue weighted by Crippen LogP contribution is 2.57. The van der Waals surface area contributed by atoms with E-state index in [1.54, 1.807) is 13.8 Å². The number of ketones is 3. The number of nitrogens with one attached hydrogen (secondary N) is 2. The highest BCUT2D eigenvalue weighted by molar-refractivity contribution is 6.31. The number of phenols is 2. The molecular weight excluding hydrogens is 474 g/mol. The Kier molecular flexibility index (Phi) is 5.47. The van der Waals surface area contributed by atoms with E-state index in [4.69, 9.17) is 4.74 Å². The summed E-state index contributed by atoms with van der Waals surface area (Å²) in [6.07, 6.45) is 1.83. The molecule has 0 bridgehead atoms. The summed E-state index contributed by atoms with van der Waals surface area (Å²) in [6, 6.07) is 7.32. The van der Waals surface area contributed by atoms with Crippen LogP contribution in [0.25, 0.3) is 11.0 Å². The number of Topliss-reactive ketones (excluding diaryl/α,β-unsaturated/α-hetero) is 2. The number of hydrogen-bond acceptors (Lipinski definition) is 8. The second kappa shape index (κ2) is 8.33. The normalized spacial score (nSPS) is 20.7. The van der Waals surface area contributed by atoms with Crippen molar-refractivity contribution in [2.45, 2.75) is 52.5 Å². The van der Waals surface area contributed by atoms with Crippen molar-refractivity contribution in [1.82, 2.24) is 15.3 Å². The zero-order valence-electron chi connectivity index (χ0n) is 21.1. The molecule has 0 unspecified atom stereocenters. The molecule has 4 N–H and O–H groups in total. The van der Waals surface area contributed by atoms with Crippen LogP contribution in [0, 0.1) is 6.92 Å². The van der Waals surface area contributed by atoms with Crippen molar-refractivity contribution in [3.63, 3.8) is 0 Å². The number of para-hydroxylation sites is 2. The minimum atomic E-state index is -1.56. The van der Waals surface area contributed by atoms with Gasteiger partial charge in [-0.25, -0.2) is 4.98 Å². The van der Waals surface area contributed by atoms with Gasteiger partial charge in [0, 0.05) is 17.3 Å². The van der Waals surface area contributed by atoms with Gasteiger partial charge < -0.3 is 25.3 Å². The topological polar surface area (TPSA) is 142 Å². The first-order chi connectivity index (χ1) is 17.5. The van der Waals surface area contributed by atoms with Gasteiger partial charge in [-0.05, 0) is 46.2 Å². The molecule has 1 aliphatic heterocycles. The van der Waals surface area contributed by atoms with Gasteiger partial charge in [0.25, 0.3) is 0 Å². The van der Waals surface area contributed by atoms with Gasteiger partial charge in [0.2, 0.25) is 0 Å². The minimum absolute atomic E-state index is 0.00109. The summed E-state index contributed by atoms with van der Waals surface area (Å²) in [7, 11) is 0. The summed E-state index contributed by atoms with van der Waals surface area (Å²) in [4.78, 5) is 47.5. The number of allylic oxidation sites excluding steroid dienone is 4. The van der Waals surface area contributed by atoms with Gasteiger partial charge in [0.15, 0.2) is 17.3 Å². The molecule has 190 valence electrons. The fraction of sp³-hybridized carbons (Fsp3) is 0.286. The third-order valence-corrected chi connectivity index (χ3v) is 7.30. The standard InChI is InChI=1S/C28H27N3O6/c1-6-15(27-30-16-9-7-8-10-17(16)31-27)29-13(3)20-18(33)11-19-28(5,26(20)36)22-24(35)12(2)23(34)21(14(4)32)25(22)37-19/h7-11,15,29,34-35H,6H2,1-5H3,(H,30,31)/b20-13+/t15-,28-/m0/s1. The Bertz CT molecular complexity index is 1560. The van der Waals surface area contributed by atoms with Crippen LogP contribution in [0.1, 0.15) is 67.5 Å². The van der Waals surface area contributed by atoms with Crippen LogP contribution in [0.3, 0.4) is 0 Å². The number of benzene rings is 2. The number of hydrogen-bond donors (Lipinski definition) is 4. The van der Waals surface area contributed by atoms with Crippen molar-refractivity contribution >= 4 is 28.4 Å². The molecule has 3 aromatic rings. The lowest BCUT2D eigenvalue weighted by molar-refractivity contribution is -0.123. The van der Waals surface area contributed by atoms with E-state index in [2.05, 4.69) is 15.3 Å². The number of imidazole rings is 1. The van der Waals surface area contributed by atoms with Crippen LogP contribution in [0.15, 0.2) is 47.4 Å². The second-order valence-electron chi connectivity index (χ2n) is 9.63. The van der Waals surface area contributed by atoms with Crippen LogP contribution in [-0.2, 0) is 15.0 Å². The monoisotopic (exact) mass is 501 g/mol. The number of carbonyl (C=O) groups is 3. The maximum Gasteiger partial charge on any atom is 0.194 e. The number of fused-ring (bicyclic) bond motifs is 4. The molecule has 0 saturated heterocycles. The Morgan fingerprint density at radius 2 is 1.89 bits per heavy atom. The SMILES string of the molecule is CC[C@H](N/C(C)=C1\C(=O)C=C2Oc3c(C(C)=O)c(O)c(C)c(O)c3[C@@]2(C)C1=O)c1nc2ccccc2[nH]1. The van der Waals surface area contributed by atoms with E-state index in [-0.39, 0.29) is 45.6 Å². The lowest BCUT2D eigenvalue weighted by Crippen LogP contribution is -2.41. The van der Waals surface area contributed by atoms with Crippen LogP contribution in [-0.4, -0.2) is 37.5 Å². The molecule has 0 amide bonds. The summed E-state index contributed by atoms with van der Waals surface area (Å²) >= 11 is 0. The minimum Gasteiger partial charge on any atom is -0.507 e. The Labute approximate surface area is 212 Å². The average molecular weight is 502 g/mol. The zero-order valence-corrected chi connectivity index (χ0v) is 21.1. The molecule has 37 heavy (non-hydrogen) atoms. The maximum absolute atomic E-state index is 14.0. The zero-order chi connectivity index (χ0) is 26.8. The van der Waals surface area contributed by atoms with Gasteiger partial charge in [0.05, 0.1) is 28.2 Å². The van der Waals surface area contributed by atoms with Crippen molar-refractivity contribution in [2.75, 3.05) is 0 Å². The first-order valence-electron chi connectivity index (χ1n) is 12.0. The molecule has 0 saturated carbocycles. The van der Waals surface area contributed by atoms with Crippen molar-refractivity contribution in [2.24, 2.45) is 0 Å². The van der Waals surface area contributed by atoms with Crippen molar-refractivity contribution in [3.05, 3.63) is 69.9 Å². The number of nitrogens with zero attached hydrogens (tertiary/aromatic N) is 1. The average Bonchev–Trinajstić information content (AvgIpc) is 3.40. The molecule has 0 fully saturated rings. The fourth-order valence-electron chi connectivity index (χ4n) is 5.20. The van der Waals surface area contributed by atoms with Crippen molar-refractivity contribution in [3.8, 4) is 17.2 Å². The van der Waals surface area contributed by atoms with Gasteiger partial charge in [-0.15, -0.1) is 0 Å². The van der Waals surface area contributed by atoms with E-state index in [9.17, 15) is 24.6 Å². The third kappa shape index (κ3) is 3.37. The number of H-pyrrole nitrogens is 1. The lowest BCUT2D eigenvalue weighted by Gasteiger charge is -2.29. The molecule has 9 nitrogen and oxygen atoms in total. The number of ether oxygens (including phenoxy) is 1. The third-order valence-electron chi connectivity index (χ3n) is 7.30. The van der Waals surface area contributed by atoms with Gasteiger partial charge in [-0.1, -0.05) is 19.1 Å². The fourth-order valence-corrected chi connectivity index (χ4v) is 5.20. The van der Waals surface area contributed by atoms with Gasteiger partial charge in [-0.2, -0.15) is 0 Å². The first-order valence-corrected chi connectivity index (χ1v) is 12.0. The van der Waals surface area contributed by atoms with E-state index in [1.165, 1.54) is 19.9 Å². The quantitative estimate of drug-likeness (QED) is 0.232. The molecule has 2 atom stereocenters. The summed E-state index contributed by atoms with van der Waals surface area (Å²) in [6.45, 7) is 7.86. The molecule has 5 rings (SSSR count). The molecule has 1 aromatic heterocycles. The van der Waals surface area contributed by atoms with Crippen molar-refractivity contribution in [1.29, 1.82) is 0 Å². The summed E-state index contributed by atoms with van der Waals surface area (Å²) in [5.41, 5.74) is 0.378. The molecular formula is C28H27N3O6. The van der Waals surface area contributed by atoms with Crippen LogP contribution in [0.2, 0.25) is 0 Å². The number of rotatable bonds is 5. The second-order valence-corrected chi connectivity index (χ2v) is 9.63. The number of aromatic amines is 1. The van der Waals surface area contributed by atoms with Gasteiger partial charge >= 0.3 is 0 Å². The Hall–Kier alpha value is -4.40. The Morgan fingerprint density at radius 3 is 2.54 bits per heavy atom. The number of phenolic OH excluding ortho intramolecular Hbond substituents is 2. The van der Waals surface area contributed by atoms with Crippen LogP contribution in [0.4, 0.5) is 0 Å². The molecule has 0 spiro atoms. The van der Waals surface area contributed by atoms with E-state index >= 15 is 0 Å².